The third-order valence-corrected chi connectivity index (χ3v) is 5.65. The van der Waals surface area contributed by atoms with Gasteiger partial charge in [-0.15, -0.1) is 0 Å². The average molecular weight is 472 g/mol. The molecule has 174 valence electrons. The van der Waals surface area contributed by atoms with Gasteiger partial charge in [0.2, 0.25) is 10.0 Å². The molecule has 0 radical (unpaired) electrons. The number of unbranched alkanes of at least 4 members (excludes halogenated alkanes) is 1. The predicted octanol–water partition coefficient (Wildman–Crippen LogP) is 4.01. The number of amides is 1. The number of anilines is 1. The van der Waals surface area contributed by atoms with Crippen LogP contribution in [0.2, 0.25) is 0 Å². The lowest BCUT2D eigenvalue weighted by Crippen LogP contribution is -2.51. The number of sulfonamides is 1. The van der Waals surface area contributed by atoms with Crippen LogP contribution in [0.15, 0.2) is 18.2 Å². The summed E-state index contributed by atoms with van der Waals surface area (Å²) in [6.07, 6.45) is 1.63. The van der Waals surface area contributed by atoms with Crippen LogP contribution in [0.25, 0.3) is 0 Å². The van der Waals surface area contributed by atoms with Crippen LogP contribution >= 0.6 is 12.2 Å². The first-order chi connectivity index (χ1) is 14.3. The SMILES string of the molecule is CCCCC(NS(C)(=O)=O)N(Cc1ccc2c(c1)NC(=S)C(C)O2)C(=O)OC(C)(C)C. The molecule has 0 aromatic heterocycles. The number of nitrogens with zero attached hydrogens (tertiary/aromatic N) is 1. The molecule has 0 aliphatic carbocycles. The molecule has 0 saturated carbocycles. The summed E-state index contributed by atoms with van der Waals surface area (Å²) in [5, 5.41) is 3.15. The number of thiocarbonyl (C=S) groups is 1. The standard InChI is InChI=1S/C21H33N3O5S2/c1-7-8-9-18(23-31(6,26)27)24(20(25)29-21(3,4)5)13-15-10-11-17-16(12-15)22-19(30)14(2)28-17/h10-12,14,18,23H,7-9,13H2,1-6H3,(H,22,30). The largest absolute Gasteiger partial charge is 0.481 e. The van der Waals surface area contributed by atoms with Crippen molar-refractivity contribution in [3.05, 3.63) is 23.8 Å². The minimum atomic E-state index is -3.54. The summed E-state index contributed by atoms with van der Waals surface area (Å²) < 4.78 is 37.9. The van der Waals surface area contributed by atoms with Crippen LogP contribution < -0.4 is 14.8 Å². The van der Waals surface area contributed by atoms with Crippen LogP contribution in [0, 0.1) is 0 Å². The summed E-state index contributed by atoms with van der Waals surface area (Å²) in [5.41, 5.74) is 0.782. The minimum absolute atomic E-state index is 0.156. The van der Waals surface area contributed by atoms with Crippen LogP contribution in [0.4, 0.5) is 10.5 Å². The Balaban J connectivity index is 2.36. The van der Waals surface area contributed by atoms with Crippen molar-refractivity contribution in [2.75, 3.05) is 11.6 Å². The highest BCUT2D eigenvalue weighted by Crippen LogP contribution is 2.31. The Kier molecular flexibility index (Phi) is 8.29. The highest BCUT2D eigenvalue weighted by Gasteiger charge is 2.30. The normalized spacial score (nSPS) is 17.2. The molecule has 0 spiro atoms. The van der Waals surface area contributed by atoms with Crippen molar-refractivity contribution in [3.63, 3.8) is 0 Å². The molecule has 0 bridgehead atoms. The van der Waals surface area contributed by atoms with Crippen molar-refractivity contribution in [1.82, 2.24) is 9.62 Å². The number of hydrogen-bond acceptors (Lipinski definition) is 6. The maximum absolute atomic E-state index is 13.0. The Hall–Kier alpha value is -1.91. The van der Waals surface area contributed by atoms with Gasteiger partial charge in [0, 0.05) is 0 Å². The van der Waals surface area contributed by atoms with Gasteiger partial charge in [0.05, 0.1) is 24.7 Å². The van der Waals surface area contributed by atoms with Crippen molar-refractivity contribution in [2.24, 2.45) is 0 Å². The molecular weight excluding hydrogens is 438 g/mol. The molecule has 2 rings (SSSR count). The van der Waals surface area contributed by atoms with E-state index in [4.69, 9.17) is 21.7 Å². The molecule has 0 fully saturated rings. The maximum atomic E-state index is 13.0. The quantitative estimate of drug-likeness (QED) is 0.437. The summed E-state index contributed by atoms with van der Waals surface area (Å²) in [5.74, 6) is 0.672. The van der Waals surface area contributed by atoms with Gasteiger partial charge < -0.3 is 14.8 Å². The number of hydrogen-bond donors (Lipinski definition) is 2. The molecule has 10 heteroatoms. The molecule has 1 amide bonds. The first-order valence-electron chi connectivity index (χ1n) is 10.4. The van der Waals surface area contributed by atoms with E-state index in [0.717, 1.165) is 24.7 Å². The monoisotopic (exact) mass is 471 g/mol. The van der Waals surface area contributed by atoms with Crippen LogP contribution in [0.3, 0.4) is 0 Å². The van der Waals surface area contributed by atoms with Gasteiger partial charge in [-0.3, -0.25) is 4.90 Å². The second-order valence-corrected chi connectivity index (χ2v) is 11.0. The maximum Gasteiger partial charge on any atom is 0.411 e. The predicted molar refractivity (Wildman–Crippen MR) is 126 cm³/mol. The summed E-state index contributed by atoms with van der Waals surface area (Å²) >= 11 is 5.29. The second kappa shape index (κ2) is 10.1. The summed E-state index contributed by atoms with van der Waals surface area (Å²) in [6, 6.07) is 5.51. The van der Waals surface area contributed by atoms with Gasteiger partial charge in [0.25, 0.3) is 0 Å². The van der Waals surface area contributed by atoms with E-state index in [1.165, 1.54) is 4.90 Å². The molecule has 1 aliphatic heterocycles. The Morgan fingerprint density at radius 1 is 1.39 bits per heavy atom. The molecular formula is C21H33N3O5S2. The highest BCUT2D eigenvalue weighted by atomic mass is 32.2. The molecule has 8 nitrogen and oxygen atoms in total. The first kappa shape index (κ1) is 25.4. The molecule has 2 atom stereocenters. The molecule has 31 heavy (non-hydrogen) atoms. The second-order valence-electron chi connectivity index (χ2n) is 8.74. The third-order valence-electron chi connectivity index (χ3n) is 4.51. The lowest BCUT2D eigenvalue weighted by atomic mass is 10.1. The van der Waals surface area contributed by atoms with Crippen LogP contribution in [0.1, 0.15) is 59.4 Å². The number of fused-ring (bicyclic) bond motifs is 1. The van der Waals surface area contributed by atoms with Crippen LogP contribution in [-0.4, -0.2) is 48.5 Å². The number of nitrogens with one attached hydrogen (secondary N) is 2. The molecule has 2 N–H and O–H groups in total. The van der Waals surface area contributed by atoms with Gasteiger partial charge in [-0.05, 0) is 51.8 Å². The van der Waals surface area contributed by atoms with E-state index in [-0.39, 0.29) is 12.6 Å². The highest BCUT2D eigenvalue weighted by molar-refractivity contribution is 7.88. The molecule has 1 aromatic rings. The van der Waals surface area contributed by atoms with Crippen molar-refractivity contribution in [2.45, 2.75) is 78.3 Å². The minimum Gasteiger partial charge on any atom is -0.481 e. The fraction of sp³-hybridized carbons (Fsp3) is 0.619. The van der Waals surface area contributed by atoms with Gasteiger partial charge in [-0.2, -0.15) is 4.72 Å². The van der Waals surface area contributed by atoms with E-state index in [1.807, 2.05) is 32.0 Å². The number of rotatable bonds is 8. The lowest BCUT2D eigenvalue weighted by Gasteiger charge is -2.34. The Labute approximate surface area is 190 Å². The summed E-state index contributed by atoms with van der Waals surface area (Å²) in [6.45, 7) is 9.35. The van der Waals surface area contributed by atoms with Crippen LogP contribution in [0.5, 0.6) is 5.75 Å². The Morgan fingerprint density at radius 2 is 2.06 bits per heavy atom. The molecule has 0 saturated heterocycles. The van der Waals surface area contributed by atoms with E-state index in [1.54, 1.807) is 20.8 Å². The number of carbonyl (C=O) groups excluding carboxylic acids is 1. The van der Waals surface area contributed by atoms with Gasteiger partial charge in [-0.1, -0.05) is 38.0 Å². The number of carbonyl (C=O) groups is 1. The van der Waals surface area contributed by atoms with E-state index in [0.29, 0.717) is 22.8 Å². The Morgan fingerprint density at radius 3 is 2.65 bits per heavy atom. The van der Waals surface area contributed by atoms with Crippen molar-refractivity contribution < 1.29 is 22.7 Å². The zero-order valence-corrected chi connectivity index (χ0v) is 20.7. The van der Waals surface area contributed by atoms with Crippen molar-refractivity contribution >= 4 is 39.0 Å². The molecule has 1 aromatic carbocycles. The summed E-state index contributed by atoms with van der Waals surface area (Å²) in [4.78, 5) is 15.0. The topological polar surface area (TPSA) is 97.0 Å². The lowest BCUT2D eigenvalue weighted by molar-refractivity contribution is 0.0116. The van der Waals surface area contributed by atoms with Gasteiger partial charge >= 0.3 is 6.09 Å². The van der Waals surface area contributed by atoms with Crippen molar-refractivity contribution in [1.29, 1.82) is 0 Å². The zero-order valence-electron chi connectivity index (χ0n) is 19.0. The fourth-order valence-corrected chi connectivity index (χ4v) is 3.99. The molecule has 1 heterocycles. The van der Waals surface area contributed by atoms with E-state index in [9.17, 15) is 13.2 Å². The van der Waals surface area contributed by atoms with E-state index in [2.05, 4.69) is 10.0 Å². The van der Waals surface area contributed by atoms with Gasteiger partial charge in [-0.25, -0.2) is 13.2 Å². The van der Waals surface area contributed by atoms with Crippen molar-refractivity contribution in [3.8, 4) is 5.75 Å². The van der Waals surface area contributed by atoms with Gasteiger partial charge in [0.1, 0.15) is 22.4 Å². The fourth-order valence-electron chi connectivity index (χ4n) is 3.10. The van der Waals surface area contributed by atoms with Crippen LogP contribution in [-0.2, 0) is 21.3 Å². The average Bonchev–Trinajstić information content (AvgIpc) is 2.62. The third kappa shape index (κ3) is 7.93. The number of benzene rings is 1. The molecule has 1 aliphatic rings. The smallest absolute Gasteiger partial charge is 0.411 e. The first-order valence-corrected chi connectivity index (χ1v) is 12.7. The van der Waals surface area contributed by atoms with E-state index < -0.39 is 27.9 Å². The van der Waals surface area contributed by atoms with Gasteiger partial charge in [0.15, 0.2) is 0 Å². The summed E-state index contributed by atoms with van der Waals surface area (Å²) in [7, 11) is -3.54. The zero-order chi connectivity index (χ0) is 23.4. The Bertz CT molecular complexity index is 912. The van der Waals surface area contributed by atoms with E-state index >= 15 is 0 Å². The number of ether oxygens (including phenoxy) is 2. The molecule has 2 unspecified atom stereocenters.